The Bertz CT molecular complexity index is 203. The van der Waals surface area contributed by atoms with Crippen molar-refractivity contribution in [2.24, 2.45) is 0 Å². The van der Waals surface area contributed by atoms with Gasteiger partial charge in [0.05, 0.1) is 7.11 Å². The summed E-state index contributed by atoms with van der Waals surface area (Å²) in [6, 6.07) is 8.60. The van der Waals surface area contributed by atoms with Gasteiger partial charge in [-0.25, -0.2) is 0 Å². The summed E-state index contributed by atoms with van der Waals surface area (Å²) in [4.78, 5) is 0. The Hall–Kier alpha value is 0.123. The van der Waals surface area contributed by atoms with Crippen molar-refractivity contribution in [3.8, 4) is 5.75 Å². The zero-order chi connectivity index (χ0) is 8.69. The number of aryl methyl sites for hydroxylation is 1. The summed E-state index contributed by atoms with van der Waals surface area (Å²) in [5, 5.41) is 0. The van der Waals surface area contributed by atoms with Crippen molar-refractivity contribution in [1.82, 2.24) is 0 Å². The minimum absolute atomic E-state index is 0.900. The fraction of sp³-hybridized carbons (Fsp3) is 0.250. The zero-order valence-corrected chi connectivity index (χ0v) is 11.3. The molecule has 0 heterocycles. The van der Waals surface area contributed by atoms with Gasteiger partial charge in [-0.1, -0.05) is 6.92 Å². The van der Waals surface area contributed by atoms with Gasteiger partial charge in [0.15, 0.2) is 0 Å². The molecule has 1 rings (SSSR count). The molecule has 1 aromatic rings. The Balaban J connectivity index is 0.000000461. The van der Waals surface area contributed by atoms with Crippen molar-refractivity contribution in [2.45, 2.75) is 6.92 Å². The normalized spacial score (nSPS) is 8.09. The van der Waals surface area contributed by atoms with Crippen molar-refractivity contribution < 1.29 is 21.1 Å². The van der Waals surface area contributed by atoms with Gasteiger partial charge in [0, 0.05) is 5.75 Å². The maximum absolute atomic E-state index is 5.01. The number of methoxy groups -OCH3 is 1. The molecular formula is C8H9BrOZn. The summed E-state index contributed by atoms with van der Waals surface area (Å²) in [6.07, 6.45) is 0. The number of hydrogen-bond donors (Lipinski definition) is 0. The van der Waals surface area contributed by atoms with Crippen LogP contribution < -0.4 is 4.74 Å². The Morgan fingerprint density at radius 3 is 2.55 bits per heavy atom. The molecule has 0 amide bonds. The summed E-state index contributed by atoms with van der Waals surface area (Å²) < 4.78 is 5.01. The number of halogens is 1. The molecule has 0 aromatic heterocycles. The van der Waals surface area contributed by atoms with E-state index in [2.05, 4.69) is 19.7 Å². The van der Waals surface area contributed by atoms with Crippen LogP contribution in [0, 0.1) is 13.0 Å². The van der Waals surface area contributed by atoms with Crippen LogP contribution in [0.3, 0.4) is 0 Å². The maximum atomic E-state index is 5.01. The average Bonchev–Trinajstić information content (AvgIpc) is 2.09. The van der Waals surface area contributed by atoms with E-state index in [-0.39, 0.29) is 0 Å². The Kier molecular flexibility index (Phi) is 6.89. The van der Waals surface area contributed by atoms with Crippen LogP contribution in [0.15, 0.2) is 18.2 Å². The first-order valence-corrected chi connectivity index (χ1v) is 10.1. The fourth-order valence-electron chi connectivity index (χ4n) is 0.713. The number of hydrogen-bond acceptors (Lipinski definition) is 1. The third kappa shape index (κ3) is 3.88. The van der Waals surface area contributed by atoms with Gasteiger partial charge in [0.1, 0.15) is 0 Å². The molecule has 0 aliphatic heterocycles. The molecule has 0 saturated heterocycles. The molecular weight excluding hydrogens is 257 g/mol. The molecule has 0 fully saturated rings. The van der Waals surface area contributed by atoms with Crippen LogP contribution in [0.2, 0.25) is 0 Å². The van der Waals surface area contributed by atoms with Crippen molar-refractivity contribution in [3.63, 3.8) is 0 Å². The van der Waals surface area contributed by atoms with E-state index in [1.165, 1.54) is 16.3 Å². The van der Waals surface area contributed by atoms with Gasteiger partial charge in [-0.05, 0) is 0 Å². The zero-order valence-electron chi connectivity index (χ0n) is 6.73. The van der Waals surface area contributed by atoms with E-state index in [4.69, 9.17) is 4.74 Å². The molecule has 0 unspecified atom stereocenters. The van der Waals surface area contributed by atoms with E-state index in [1.54, 1.807) is 7.11 Å². The second kappa shape index (κ2) is 6.81. The van der Waals surface area contributed by atoms with Crippen molar-refractivity contribution >= 4 is 13.6 Å². The van der Waals surface area contributed by atoms with Crippen molar-refractivity contribution in [2.75, 3.05) is 7.11 Å². The second-order valence-corrected chi connectivity index (χ2v) is 1.90. The van der Waals surface area contributed by atoms with Crippen LogP contribution in [0.4, 0.5) is 0 Å². The summed E-state index contributed by atoms with van der Waals surface area (Å²) in [5.41, 5.74) is 1.15. The van der Waals surface area contributed by atoms with Gasteiger partial charge in [-0.2, -0.15) is 18.2 Å². The molecule has 0 bridgehead atoms. The fourth-order valence-corrected chi connectivity index (χ4v) is 0.713. The SMILES string of the molecule is COc1c[c-]ccc1C.[Zn+][Br]. The molecule has 0 aliphatic carbocycles. The summed E-state index contributed by atoms with van der Waals surface area (Å²) >= 11 is 4.25. The summed E-state index contributed by atoms with van der Waals surface area (Å²) in [7, 11) is 1.66. The first kappa shape index (κ1) is 11.1. The molecule has 0 radical (unpaired) electrons. The standard InChI is InChI=1S/C8H9O.BrH.Zn/c1-7-5-3-4-6-8(7)9-2;;/h3,5-6H,1-2H3;1H;/q-1;;+2/p-1. The number of ether oxygens (including phenoxy) is 1. The number of benzene rings is 1. The van der Waals surface area contributed by atoms with Crippen LogP contribution in [0.5, 0.6) is 5.75 Å². The van der Waals surface area contributed by atoms with E-state index in [0.717, 1.165) is 11.3 Å². The monoisotopic (exact) mass is 264 g/mol. The molecule has 11 heavy (non-hydrogen) atoms. The van der Waals surface area contributed by atoms with E-state index in [1.807, 2.05) is 25.1 Å². The van der Waals surface area contributed by atoms with E-state index < -0.39 is 0 Å². The van der Waals surface area contributed by atoms with Gasteiger partial charge in [0.2, 0.25) is 0 Å². The first-order chi connectivity index (χ1) is 5.34. The average molecular weight is 266 g/mol. The predicted octanol–water partition coefficient (Wildman–Crippen LogP) is 2.65. The van der Waals surface area contributed by atoms with Gasteiger partial charge < -0.3 is 4.74 Å². The van der Waals surface area contributed by atoms with Crippen molar-refractivity contribution in [3.05, 3.63) is 29.8 Å². The van der Waals surface area contributed by atoms with E-state index in [0.29, 0.717) is 0 Å². The molecule has 3 heteroatoms. The minimum atomic E-state index is 0.900. The van der Waals surface area contributed by atoms with Crippen LogP contribution >= 0.6 is 13.6 Å². The first-order valence-electron chi connectivity index (χ1n) is 3.12. The summed E-state index contributed by atoms with van der Waals surface area (Å²) in [6.45, 7) is 2.01. The molecule has 0 aliphatic rings. The third-order valence-corrected chi connectivity index (χ3v) is 1.25. The van der Waals surface area contributed by atoms with Gasteiger partial charge in [0.25, 0.3) is 0 Å². The van der Waals surface area contributed by atoms with Crippen LogP contribution in [0.1, 0.15) is 5.56 Å². The van der Waals surface area contributed by atoms with Crippen LogP contribution in [-0.2, 0) is 16.3 Å². The van der Waals surface area contributed by atoms with Gasteiger partial charge in [-0.15, -0.1) is 11.6 Å². The van der Waals surface area contributed by atoms with Gasteiger partial charge >= 0.3 is 30.0 Å². The van der Waals surface area contributed by atoms with Crippen molar-refractivity contribution in [1.29, 1.82) is 0 Å². The summed E-state index contributed by atoms with van der Waals surface area (Å²) in [5.74, 6) is 0.900. The van der Waals surface area contributed by atoms with E-state index in [9.17, 15) is 0 Å². The molecule has 56 valence electrons. The number of rotatable bonds is 1. The Morgan fingerprint density at radius 1 is 1.55 bits per heavy atom. The predicted molar refractivity (Wildman–Crippen MR) is 45.5 cm³/mol. The molecule has 0 saturated carbocycles. The Morgan fingerprint density at radius 2 is 2.18 bits per heavy atom. The molecule has 0 spiro atoms. The molecule has 1 aromatic carbocycles. The molecule has 1 nitrogen and oxygen atoms in total. The van der Waals surface area contributed by atoms with Crippen LogP contribution in [0.25, 0.3) is 0 Å². The van der Waals surface area contributed by atoms with E-state index >= 15 is 0 Å². The quantitative estimate of drug-likeness (QED) is 0.561. The second-order valence-electron chi connectivity index (χ2n) is 1.90. The molecule has 0 atom stereocenters. The van der Waals surface area contributed by atoms with Gasteiger partial charge in [-0.3, -0.25) is 0 Å². The Labute approximate surface area is 84.2 Å². The third-order valence-electron chi connectivity index (χ3n) is 1.25. The molecule has 0 N–H and O–H groups in total. The van der Waals surface area contributed by atoms with Crippen LogP contribution in [-0.4, -0.2) is 7.11 Å². The topological polar surface area (TPSA) is 9.23 Å².